The van der Waals surface area contributed by atoms with Crippen molar-refractivity contribution in [1.29, 1.82) is 0 Å². The maximum atomic E-state index is 11.6. The highest BCUT2D eigenvalue weighted by atomic mass is 35.5. The summed E-state index contributed by atoms with van der Waals surface area (Å²) >= 11 is 5.33. The maximum Gasteiger partial charge on any atom is 0.311 e. The summed E-state index contributed by atoms with van der Waals surface area (Å²) in [6.07, 6.45) is 2.55. The van der Waals surface area contributed by atoms with Gasteiger partial charge in [0.25, 0.3) is 0 Å². The number of benzene rings is 1. The molecule has 4 N–H and O–H groups in total. The molecule has 0 aliphatic rings. The summed E-state index contributed by atoms with van der Waals surface area (Å²) in [5, 5.41) is 10.5. The molecular weight excluding hydrogens is 512 g/mol. The number of esters is 1. The van der Waals surface area contributed by atoms with E-state index in [-0.39, 0.29) is 48.8 Å². The van der Waals surface area contributed by atoms with Crippen molar-refractivity contribution in [3.8, 4) is 0 Å². The Morgan fingerprint density at radius 1 is 0.974 bits per heavy atom. The topological polar surface area (TPSA) is 143 Å². The minimum absolute atomic E-state index is 0.00755. The maximum absolute atomic E-state index is 11.6. The predicted molar refractivity (Wildman–Crippen MR) is 148 cm³/mol. The summed E-state index contributed by atoms with van der Waals surface area (Å²) in [4.78, 5) is 55.4. The molecule has 0 bridgehead atoms. The zero-order valence-electron chi connectivity index (χ0n) is 23.3. The van der Waals surface area contributed by atoms with E-state index in [0.717, 1.165) is 18.4 Å². The van der Waals surface area contributed by atoms with Gasteiger partial charge >= 0.3 is 5.97 Å². The van der Waals surface area contributed by atoms with Gasteiger partial charge in [-0.25, -0.2) is 0 Å². The van der Waals surface area contributed by atoms with E-state index < -0.39 is 5.41 Å². The first kappa shape index (κ1) is 34.9. The molecule has 1 atom stereocenters. The largest absolute Gasteiger partial charge is 0.460 e. The van der Waals surface area contributed by atoms with Crippen LogP contribution in [0.4, 0.5) is 5.69 Å². The van der Waals surface area contributed by atoms with Gasteiger partial charge in [-0.15, -0.1) is 11.6 Å². The Labute approximate surface area is 231 Å². The number of ether oxygens (including phenoxy) is 1. The van der Waals surface area contributed by atoms with Gasteiger partial charge in [0.15, 0.2) is 0 Å². The Morgan fingerprint density at radius 2 is 1.61 bits per heavy atom. The lowest BCUT2D eigenvalue weighted by molar-refractivity contribution is -0.154. The second-order valence-corrected chi connectivity index (χ2v) is 10.4. The molecule has 0 spiro atoms. The lowest BCUT2D eigenvalue weighted by Crippen LogP contribution is -2.36. The fourth-order valence-electron chi connectivity index (χ4n) is 2.57. The van der Waals surface area contributed by atoms with Crippen molar-refractivity contribution >= 4 is 47.4 Å². The molecule has 0 saturated carbocycles. The third-order valence-electron chi connectivity index (χ3n) is 5.23. The van der Waals surface area contributed by atoms with E-state index in [2.05, 4.69) is 35.1 Å². The van der Waals surface area contributed by atoms with Crippen LogP contribution < -0.4 is 21.3 Å². The average Bonchev–Trinajstić information content (AvgIpc) is 2.86. The summed E-state index contributed by atoms with van der Waals surface area (Å²) in [6, 6.07) is 7.15. The van der Waals surface area contributed by atoms with Crippen LogP contribution in [0.1, 0.15) is 66.4 Å². The fourth-order valence-corrected chi connectivity index (χ4v) is 2.66. The number of unbranched alkanes of at least 4 members (excludes halogenated alkanes) is 1. The highest BCUT2D eigenvalue weighted by Crippen LogP contribution is 2.17. The number of carbonyl (C=O) groups excluding carboxylic acids is 5. The number of carbonyl (C=O) groups is 5. The van der Waals surface area contributed by atoms with Crippen molar-refractivity contribution in [1.82, 2.24) is 16.0 Å². The monoisotopic (exact) mass is 554 g/mol. The molecule has 10 nitrogen and oxygen atoms in total. The normalized spacial score (nSPS) is 11.4. The molecule has 214 valence electrons. The van der Waals surface area contributed by atoms with E-state index in [4.69, 9.17) is 16.3 Å². The van der Waals surface area contributed by atoms with Crippen LogP contribution >= 0.6 is 11.6 Å². The van der Waals surface area contributed by atoms with Gasteiger partial charge in [0.05, 0.1) is 12.0 Å². The molecule has 4 amide bonds. The predicted octanol–water partition coefficient (Wildman–Crippen LogP) is 3.13. The summed E-state index contributed by atoms with van der Waals surface area (Å²) in [5.41, 5.74) is 0.912. The zero-order valence-corrected chi connectivity index (χ0v) is 24.1. The quantitative estimate of drug-likeness (QED) is 0.120. The second-order valence-electron chi connectivity index (χ2n) is 10.1. The zero-order chi connectivity index (χ0) is 29.1. The van der Waals surface area contributed by atoms with Crippen LogP contribution in [0.25, 0.3) is 0 Å². The lowest BCUT2D eigenvalue weighted by atomic mass is 9.97. The third-order valence-corrected chi connectivity index (χ3v) is 5.47. The molecule has 0 aliphatic heterocycles. The van der Waals surface area contributed by atoms with Gasteiger partial charge in [0, 0.05) is 24.7 Å². The minimum atomic E-state index is -0.528. The average molecular weight is 555 g/mol. The van der Waals surface area contributed by atoms with Crippen LogP contribution in [0.2, 0.25) is 0 Å². The molecule has 38 heavy (non-hydrogen) atoms. The van der Waals surface area contributed by atoms with E-state index in [1.54, 1.807) is 45.0 Å². The Bertz CT molecular complexity index is 885. The van der Waals surface area contributed by atoms with Crippen LogP contribution in [-0.2, 0) is 35.3 Å². The van der Waals surface area contributed by atoms with Crippen LogP contribution in [0.5, 0.6) is 0 Å². The van der Waals surface area contributed by atoms with Gasteiger partial charge in [-0.05, 0) is 64.2 Å². The van der Waals surface area contributed by atoms with Crippen molar-refractivity contribution < 1.29 is 28.7 Å². The van der Waals surface area contributed by atoms with Crippen molar-refractivity contribution in [2.75, 3.05) is 24.3 Å². The molecule has 0 heterocycles. The second kappa shape index (κ2) is 19.0. The van der Waals surface area contributed by atoms with Gasteiger partial charge in [0.1, 0.15) is 12.5 Å². The number of nitrogens with one attached hydrogen (secondary N) is 4. The van der Waals surface area contributed by atoms with Gasteiger partial charge < -0.3 is 26.0 Å². The highest BCUT2D eigenvalue weighted by Gasteiger charge is 2.22. The van der Waals surface area contributed by atoms with Crippen molar-refractivity contribution in [3.63, 3.8) is 0 Å². The number of amides is 4. The van der Waals surface area contributed by atoms with E-state index in [1.807, 2.05) is 6.92 Å². The van der Waals surface area contributed by atoms with Gasteiger partial charge in [0.2, 0.25) is 24.1 Å². The SMILES string of the molecule is CC(C)(C)C(=O)OCc1ccc(NC(=O)CNC=O)cc1.CC(C)C(C)NC(=O)CCCCNC(=O)CCl. The number of rotatable bonds is 14. The Balaban J connectivity index is 0.000000739. The molecule has 0 radical (unpaired) electrons. The van der Waals surface area contributed by atoms with Crippen molar-refractivity contribution in [3.05, 3.63) is 29.8 Å². The Hall–Kier alpha value is -3.14. The van der Waals surface area contributed by atoms with E-state index >= 15 is 0 Å². The van der Waals surface area contributed by atoms with Gasteiger partial charge in [-0.1, -0.05) is 26.0 Å². The van der Waals surface area contributed by atoms with Crippen molar-refractivity contribution in [2.45, 2.75) is 73.5 Å². The molecule has 1 rings (SSSR count). The molecule has 1 aromatic carbocycles. The van der Waals surface area contributed by atoms with Crippen molar-refractivity contribution in [2.24, 2.45) is 11.3 Å². The van der Waals surface area contributed by atoms with E-state index in [0.29, 0.717) is 31.0 Å². The van der Waals surface area contributed by atoms with Gasteiger partial charge in [-0.2, -0.15) is 0 Å². The molecule has 0 aliphatic carbocycles. The molecule has 11 heteroatoms. The molecule has 0 aromatic heterocycles. The van der Waals surface area contributed by atoms with Crippen LogP contribution in [0, 0.1) is 11.3 Å². The number of hydrogen-bond donors (Lipinski definition) is 4. The Kier molecular flexibility index (Phi) is 17.4. The molecule has 0 saturated heterocycles. The summed E-state index contributed by atoms with van der Waals surface area (Å²) < 4.78 is 5.19. The highest BCUT2D eigenvalue weighted by molar-refractivity contribution is 6.27. The third kappa shape index (κ3) is 17.3. The summed E-state index contributed by atoms with van der Waals surface area (Å²) in [6.45, 7) is 12.2. The number of hydrogen-bond acceptors (Lipinski definition) is 6. The van der Waals surface area contributed by atoms with Crippen LogP contribution in [0.3, 0.4) is 0 Å². The molecular formula is C27H43ClN4O6. The van der Waals surface area contributed by atoms with Crippen LogP contribution in [-0.4, -0.2) is 55.1 Å². The molecule has 1 unspecified atom stereocenters. The van der Waals surface area contributed by atoms with Crippen LogP contribution in [0.15, 0.2) is 24.3 Å². The smallest absolute Gasteiger partial charge is 0.311 e. The minimum Gasteiger partial charge on any atom is -0.460 e. The Morgan fingerprint density at radius 3 is 2.13 bits per heavy atom. The number of anilines is 1. The first-order valence-corrected chi connectivity index (χ1v) is 13.2. The summed E-state index contributed by atoms with van der Waals surface area (Å²) in [7, 11) is 0. The van der Waals surface area contributed by atoms with E-state index in [9.17, 15) is 24.0 Å². The molecule has 0 fully saturated rings. The summed E-state index contributed by atoms with van der Waals surface area (Å²) in [5.74, 6) is -0.220. The molecule has 1 aromatic rings. The number of alkyl halides is 1. The van der Waals surface area contributed by atoms with E-state index in [1.165, 1.54) is 0 Å². The van der Waals surface area contributed by atoms with Gasteiger partial charge in [-0.3, -0.25) is 24.0 Å². The fraction of sp³-hybridized carbons (Fsp3) is 0.593. The lowest BCUT2D eigenvalue weighted by Gasteiger charge is -2.17. The first-order valence-electron chi connectivity index (χ1n) is 12.6. The number of halogens is 1. The first-order chi connectivity index (χ1) is 17.8. The standard InChI is InChI=1S/C15H20N2O4.C12H23ClN2O2/c1-15(2,3)14(20)21-9-11-4-6-12(7-5-11)17-13(19)8-16-10-18;1-9(2)10(3)15-11(16)6-4-5-7-14-12(17)8-13/h4-7,10H,8-9H2,1-3H3,(H,16,18)(H,17,19);9-10H,4-8H2,1-3H3,(H,14,17)(H,15,16).